The van der Waals surface area contributed by atoms with Crippen molar-refractivity contribution in [3.8, 4) is 0 Å². The van der Waals surface area contributed by atoms with Crippen molar-refractivity contribution in [3.05, 3.63) is 18.5 Å². The highest BCUT2D eigenvalue weighted by Gasteiger charge is 2.08. The Balaban J connectivity index is 2.85. The van der Waals surface area contributed by atoms with Crippen LogP contribution >= 0.6 is 11.6 Å². The van der Waals surface area contributed by atoms with Crippen LogP contribution in [0.5, 0.6) is 0 Å². The lowest BCUT2D eigenvalue weighted by molar-refractivity contribution is 0.265. The van der Waals surface area contributed by atoms with Gasteiger partial charge in [0.05, 0.1) is 0 Å². The molecular formula is C6H6ClN3O. The van der Waals surface area contributed by atoms with E-state index in [1.165, 1.54) is 7.05 Å². The lowest BCUT2D eigenvalue weighted by Crippen LogP contribution is -2.21. The van der Waals surface area contributed by atoms with Crippen LogP contribution in [-0.2, 0) is 0 Å². The third kappa shape index (κ3) is 1.88. The Kier molecular flexibility index (Phi) is 2.38. The monoisotopic (exact) mass is 171 g/mol. The van der Waals surface area contributed by atoms with Gasteiger partial charge in [0.15, 0.2) is 0 Å². The normalized spacial score (nSPS) is 9.27. The zero-order valence-corrected chi connectivity index (χ0v) is 6.62. The molecule has 0 saturated carbocycles. The van der Waals surface area contributed by atoms with Crippen molar-refractivity contribution in [1.29, 1.82) is 0 Å². The molecule has 1 aromatic heterocycles. The zero-order chi connectivity index (χ0) is 8.27. The number of halogens is 1. The fourth-order valence-corrected chi connectivity index (χ4v) is 0.619. The van der Waals surface area contributed by atoms with Gasteiger partial charge in [0.1, 0.15) is 0 Å². The van der Waals surface area contributed by atoms with Crippen molar-refractivity contribution in [3.63, 3.8) is 0 Å². The second kappa shape index (κ2) is 3.30. The van der Waals surface area contributed by atoms with Gasteiger partial charge in [0, 0.05) is 19.4 Å². The SMILES string of the molecule is CN(C(=O)Cl)c1ncccn1. The number of aromatic nitrogens is 2. The number of anilines is 1. The number of carbonyl (C=O) groups excluding carboxylic acids is 1. The summed E-state index contributed by atoms with van der Waals surface area (Å²) in [5, 5.41) is -0.601. The Morgan fingerprint density at radius 3 is 2.55 bits per heavy atom. The molecular weight excluding hydrogens is 166 g/mol. The molecule has 11 heavy (non-hydrogen) atoms. The van der Waals surface area contributed by atoms with Crippen molar-refractivity contribution in [2.45, 2.75) is 0 Å². The van der Waals surface area contributed by atoms with Gasteiger partial charge in [0.2, 0.25) is 5.95 Å². The highest BCUT2D eigenvalue weighted by molar-refractivity contribution is 6.65. The van der Waals surface area contributed by atoms with Gasteiger partial charge >= 0.3 is 5.37 Å². The molecule has 0 atom stereocenters. The van der Waals surface area contributed by atoms with Crippen molar-refractivity contribution < 1.29 is 4.79 Å². The molecule has 0 saturated heterocycles. The molecule has 1 amide bonds. The molecule has 0 radical (unpaired) electrons. The molecule has 0 bridgehead atoms. The van der Waals surface area contributed by atoms with Gasteiger partial charge in [-0.15, -0.1) is 0 Å². The van der Waals surface area contributed by atoms with Crippen LogP contribution in [0, 0.1) is 0 Å². The second-order valence-corrected chi connectivity index (χ2v) is 2.18. The summed E-state index contributed by atoms with van der Waals surface area (Å²) in [4.78, 5) is 19.3. The molecule has 0 aliphatic carbocycles. The van der Waals surface area contributed by atoms with E-state index in [0.717, 1.165) is 4.90 Å². The smallest absolute Gasteiger partial charge is 0.270 e. The predicted octanol–water partition coefficient (Wildman–Crippen LogP) is 1.27. The number of hydrogen-bond acceptors (Lipinski definition) is 3. The number of amides is 1. The van der Waals surface area contributed by atoms with E-state index < -0.39 is 5.37 Å². The van der Waals surface area contributed by atoms with E-state index in [2.05, 4.69) is 9.97 Å². The van der Waals surface area contributed by atoms with Crippen LogP contribution in [0.25, 0.3) is 0 Å². The van der Waals surface area contributed by atoms with Gasteiger partial charge in [0.25, 0.3) is 0 Å². The minimum Gasteiger partial charge on any atom is -0.270 e. The Morgan fingerprint density at radius 1 is 1.55 bits per heavy atom. The quantitative estimate of drug-likeness (QED) is 0.472. The Hall–Kier alpha value is -1.16. The highest BCUT2D eigenvalue weighted by atomic mass is 35.5. The first-order valence-corrected chi connectivity index (χ1v) is 3.30. The number of carbonyl (C=O) groups is 1. The highest BCUT2D eigenvalue weighted by Crippen LogP contribution is 2.04. The third-order valence-electron chi connectivity index (χ3n) is 1.12. The van der Waals surface area contributed by atoms with Gasteiger partial charge in [-0.2, -0.15) is 0 Å². The lowest BCUT2D eigenvalue weighted by atomic mass is 10.6. The summed E-state index contributed by atoms with van der Waals surface area (Å²) in [6.45, 7) is 0. The molecule has 1 aromatic rings. The summed E-state index contributed by atoms with van der Waals surface area (Å²) >= 11 is 5.17. The van der Waals surface area contributed by atoms with Gasteiger partial charge < -0.3 is 0 Å². The average molecular weight is 172 g/mol. The summed E-state index contributed by atoms with van der Waals surface area (Å²) in [6.07, 6.45) is 3.08. The number of hydrogen-bond donors (Lipinski definition) is 0. The van der Waals surface area contributed by atoms with Gasteiger partial charge in [-0.05, 0) is 17.7 Å². The first-order valence-electron chi connectivity index (χ1n) is 2.92. The fourth-order valence-electron chi connectivity index (χ4n) is 0.543. The van der Waals surface area contributed by atoms with Gasteiger partial charge in [-0.25, -0.2) is 9.97 Å². The summed E-state index contributed by atoms with van der Waals surface area (Å²) in [7, 11) is 1.50. The first kappa shape index (κ1) is 7.94. The van der Waals surface area contributed by atoms with E-state index in [4.69, 9.17) is 11.6 Å². The van der Waals surface area contributed by atoms with Crippen LogP contribution in [-0.4, -0.2) is 22.4 Å². The van der Waals surface area contributed by atoms with Crippen molar-refractivity contribution in [1.82, 2.24) is 9.97 Å². The maximum Gasteiger partial charge on any atom is 0.322 e. The topological polar surface area (TPSA) is 46.1 Å². The predicted molar refractivity (Wildman–Crippen MR) is 41.7 cm³/mol. The number of rotatable bonds is 1. The van der Waals surface area contributed by atoms with Gasteiger partial charge in [-0.1, -0.05) is 0 Å². The van der Waals surface area contributed by atoms with E-state index >= 15 is 0 Å². The molecule has 58 valence electrons. The maximum absolute atomic E-state index is 10.6. The fraction of sp³-hybridized carbons (Fsp3) is 0.167. The Bertz CT molecular complexity index is 251. The van der Waals surface area contributed by atoms with Crippen molar-refractivity contribution >= 4 is 22.9 Å². The van der Waals surface area contributed by atoms with E-state index in [1.807, 2.05) is 0 Å². The molecule has 0 spiro atoms. The first-order chi connectivity index (χ1) is 5.22. The minimum absolute atomic E-state index is 0.299. The van der Waals surface area contributed by atoms with E-state index in [0.29, 0.717) is 5.95 Å². The summed E-state index contributed by atoms with van der Waals surface area (Å²) in [5.74, 6) is 0.299. The molecule has 1 rings (SSSR count). The largest absolute Gasteiger partial charge is 0.322 e. The molecule has 0 unspecified atom stereocenters. The molecule has 5 heteroatoms. The maximum atomic E-state index is 10.6. The van der Waals surface area contributed by atoms with Crippen LogP contribution in [0.4, 0.5) is 10.7 Å². The van der Waals surface area contributed by atoms with E-state index in [-0.39, 0.29) is 0 Å². The van der Waals surface area contributed by atoms with Gasteiger partial charge in [-0.3, -0.25) is 9.69 Å². The molecule has 1 heterocycles. The Labute approximate surface area is 68.8 Å². The van der Waals surface area contributed by atoms with Crippen LogP contribution in [0.1, 0.15) is 0 Å². The summed E-state index contributed by atoms with van der Waals surface area (Å²) < 4.78 is 0. The van der Waals surface area contributed by atoms with Crippen LogP contribution in [0.15, 0.2) is 18.5 Å². The average Bonchev–Trinajstić information content (AvgIpc) is 2.05. The molecule has 0 aliphatic rings. The molecule has 4 nitrogen and oxygen atoms in total. The number of nitrogens with zero attached hydrogens (tertiary/aromatic N) is 3. The standard InChI is InChI=1S/C6H6ClN3O/c1-10(5(7)11)6-8-3-2-4-9-6/h2-4H,1H3. The minimum atomic E-state index is -0.601. The van der Waals surface area contributed by atoms with Crippen LogP contribution < -0.4 is 4.90 Å². The zero-order valence-electron chi connectivity index (χ0n) is 5.86. The lowest BCUT2D eigenvalue weighted by Gasteiger charge is -2.08. The van der Waals surface area contributed by atoms with Crippen molar-refractivity contribution in [2.75, 3.05) is 11.9 Å². The summed E-state index contributed by atoms with van der Waals surface area (Å²) in [6, 6.07) is 1.66. The molecule has 0 aliphatic heterocycles. The molecule has 0 N–H and O–H groups in total. The van der Waals surface area contributed by atoms with Crippen LogP contribution in [0.2, 0.25) is 0 Å². The Morgan fingerprint density at radius 2 is 2.09 bits per heavy atom. The molecule has 0 fully saturated rings. The molecule has 0 aromatic carbocycles. The third-order valence-corrected chi connectivity index (χ3v) is 1.37. The summed E-state index contributed by atoms with van der Waals surface area (Å²) in [5.41, 5.74) is 0. The van der Waals surface area contributed by atoms with E-state index in [1.54, 1.807) is 18.5 Å². The van der Waals surface area contributed by atoms with Crippen LogP contribution in [0.3, 0.4) is 0 Å². The van der Waals surface area contributed by atoms with Crippen molar-refractivity contribution in [2.24, 2.45) is 0 Å². The second-order valence-electron chi connectivity index (χ2n) is 1.86. The van der Waals surface area contributed by atoms with E-state index in [9.17, 15) is 4.79 Å².